The second-order valence-electron chi connectivity index (χ2n) is 5.19. The van der Waals surface area contributed by atoms with E-state index in [0.29, 0.717) is 10.9 Å². The van der Waals surface area contributed by atoms with Crippen molar-refractivity contribution in [2.24, 2.45) is 5.92 Å². The van der Waals surface area contributed by atoms with Crippen molar-refractivity contribution in [1.29, 1.82) is 0 Å². The highest BCUT2D eigenvalue weighted by molar-refractivity contribution is 6.32. The van der Waals surface area contributed by atoms with Gasteiger partial charge in [-0.15, -0.1) is 0 Å². The second kappa shape index (κ2) is 6.76. The Morgan fingerprint density at radius 1 is 1.37 bits per heavy atom. The van der Waals surface area contributed by atoms with E-state index in [2.05, 4.69) is 6.92 Å². The normalized spacial score (nSPS) is 23.5. The topological polar surface area (TPSA) is 26.3 Å². The summed E-state index contributed by atoms with van der Waals surface area (Å²) in [6.45, 7) is 2.21. The third-order valence-electron chi connectivity index (χ3n) is 3.48. The Hall–Kier alpha value is -1.28. The number of ether oxygens (including phenoxy) is 1. The number of carbonyl (C=O) groups excluding carboxylic acids is 1. The van der Waals surface area contributed by atoms with Crippen LogP contribution >= 0.6 is 11.6 Å². The first-order chi connectivity index (χ1) is 9.15. The van der Waals surface area contributed by atoms with Gasteiger partial charge < -0.3 is 4.74 Å². The van der Waals surface area contributed by atoms with Crippen LogP contribution in [0, 0.1) is 5.92 Å². The minimum Gasteiger partial charge on any atom is -0.459 e. The van der Waals surface area contributed by atoms with Crippen LogP contribution < -0.4 is 0 Å². The summed E-state index contributed by atoms with van der Waals surface area (Å²) < 4.78 is 5.45. The largest absolute Gasteiger partial charge is 0.459 e. The molecule has 1 aromatic rings. The van der Waals surface area contributed by atoms with Crippen LogP contribution in [0.1, 0.15) is 38.2 Å². The average Bonchev–Trinajstić information content (AvgIpc) is 2.38. The molecule has 1 fully saturated rings. The molecule has 0 bridgehead atoms. The Balaban J connectivity index is 1.89. The molecule has 0 aromatic heterocycles. The monoisotopic (exact) mass is 278 g/mol. The van der Waals surface area contributed by atoms with Crippen molar-refractivity contribution in [2.45, 2.75) is 38.7 Å². The lowest BCUT2D eigenvalue weighted by Crippen LogP contribution is -2.23. The summed E-state index contributed by atoms with van der Waals surface area (Å²) in [7, 11) is 0. The summed E-state index contributed by atoms with van der Waals surface area (Å²) >= 11 is 6.02. The zero-order valence-corrected chi connectivity index (χ0v) is 11.9. The number of carbonyl (C=O) groups is 1. The third-order valence-corrected chi connectivity index (χ3v) is 3.82. The van der Waals surface area contributed by atoms with Gasteiger partial charge in [0, 0.05) is 11.1 Å². The third kappa shape index (κ3) is 4.39. The van der Waals surface area contributed by atoms with Crippen LogP contribution in [-0.2, 0) is 9.53 Å². The van der Waals surface area contributed by atoms with E-state index in [9.17, 15) is 4.79 Å². The molecule has 0 N–H and O–H groups in total. The average molecular weight is 279 g/mol. The van der Waals surface area contributed by atoms with Gasteiger partial charge in [0.15, 0.2) is 0 Å². The molecule has 0 aliphatic heterocycles. The van der Waals surface area contributed by atoms with E-state index in [1.165, 1.54) is 12.5 Å². The quantitative estimate of drug-likeness (QED) is 0.602. The summed E-state index contributed by atoms with van der Waals surface area (Å²) in [5.41, 5.74) is 0.832. The minimum atomic E-state index is -0.279. The predicted molar refractivity (Wildman–Crippen MR) is 78.0 cm³/mol. The van der Waals surface area contributed by atoms with Gasteiger partial charge in [-0.25, -0.2) is 4.79 Å². The van der Waals surface area contributed by atoms with Gasteiger partial charge in [0.25, 0.3) is 0 Å². The Morgan fingerprint density at radius 2 is 2.16 bits per heavy atom. The Labute approximate surface area is 119 Å². The van der Waals surface area contributed by atoms with Crippen LogP contribution in [0.25, 0.3) is 6.08 Å². The fraction of sp³-hybridized carbons (Fsp3) is 0.438. The zero-order valence-electron chi connectivity index (χ0n) is 11.1. The summed E-state index contributed by atoms with van der Waals surface area (Å²) in [5, 5.41) is 0.637. The van der Waals surface area contributed by atoms with E-state index in [1.54, 1.807) is 12.1 Å². The summed E-state index contributed by atoms with van der Waals surface area (Å²) in [6, 6.07) is 7.42. The molecule has 2 nitrogen and oxygen atoms in total. The second-order valence-corrected chi connectivity index (χ2v) is 5.59. The molecular weight excluding hydrogens is 260 g/mol. The maximum atomic E-state index is 11.8. The van der Waals surface area contributed by atoms with E-state index in [4.69, 9.17) is 16.3 Å². The van der Waals surface area contributed by atoms with Crippen molar-refractivity contribution in [3.8, 4) is 0 Å². The van der Waals surface area contributed by atoms with Gasteiger partial charge in [0.05, 0.1) is 0 Å². The smallest absolute Gasteiger partial charge is 0.331 e. The molecule has 2 rings (SSSR count). The van der Waals surface area contributed by atoms with Crippen LogP contribution in [0.15, 0.2) is 30.3 Å². The van der Waals surface area contributed by atoms with Gasteiger partial charge in [-0.2, -0.15) is 0 Å². The van der Waals surface area contributed by atoms with Crippen LogP contribution in [-0.4, -0.2) is 12.1 Å². The lowest BCUT2D eigenvalue weighted by molar-refractivity contribution is -0.144. The van der Waals surface area contributed by atoms with Crippen LogP contribution in [0.3, 0.4) is 0 Å². The van der Waals surface area contributed by atoms with Crippen molar-refractivity contribution >= 4 is 23.6 Å². The van der Waals surface area contributed by atoms with E-state index in [1.807, 2.05) is 18.2 Å². The number of halogens is 1. The number of hydrogen-bond acceptors (Lipinski definition) is 2. The lowest BCUT2D eigenvalue weighted by Gasteiger charge is -2.25. The molecular formula is C16H19ClO2. The van der Waals surface area contributed by atoms with Crippen molar-refractivity contribution in [3.63, 3.8) is 0 Å². The van der Waals surface area contributed by atoms with E-state index < -0.39 is 0 Å². The number of benzene rings is 1. The van der Waals surface area contributed by atoms with Gasteiger partial charge in [-0.3, -0.25) is 0 Å². The van der Waals surface area contributed by atoms with Gasteiger partial charge in [0.1, 0.15) is 6.10 Å². The molecule has 1 aliphatic carbocycles. The summed E-state index contributed by atoms with van der Waals surface area (Å²) in [6.07, 6.45) is 7.59. The number of hydrogen-bond donors (Lipinski definition) is 0. The molecule has 1 saturated carbocycles. The molecule has 1 aromatic carbocycles. The molecule has 0 spiro atoms. The first-order valence-corrected chi connectivity index (χ1v) is 7.16. The van der Waals surface area contributed by atoms with Crippen molar-refractivity contribution in [2.75, 3.05) is 0 Å². The first-order valence-electron chi connectivity index (χ1n) is 6.78. The fourth-order valence-corrected chi connectivity index (χ4v) is 2.66. The molecule has 0 heterocycles. The van der Waals surface area contributed by atoms with Crippen LogP contribution in [0.5, 0.6) is 0 Å². The zero-order chi connectivity index (χ0) is 13.7. The number of rotatable bonds is 3. The standard InChI is InChI=1S/C16H19ClO2/c1-12-5-4-7-14(11-12)19-16(18)10-9-13-6-2-3-8-15(13)17/h2-3,6,8-10,12,14H,4-5,7,11H2,1H3/b10-9+. The summed E-state index contributed by atoms with van der Waals surface area (Å²) in [5.74, 6) is 0.373. The lowest BCUT2D eigenvalue weighted by atomic mass is 9.89. The molecule has 0 amide bonds. The maximum Gasteiger partial charge on any atom is 0.331 e. The SMILES string of the molecule is CC1CCCC(OC(=O)/C=C/c2ccccc2Cl)C1. The Kier molecular flexibility index (Phi) is 5.03. The highest BCUT2D eigenvalue weighted by Crippen LogP contribution is 2.26. The van der Waals surface area contributed by atoms with Gasteiger partial charge in [0.2, 0.25) is 0 Å². The number of esters is 1. The molecule has 3 heteroatoms. The highest BCUT2D eigenvalue weighted by Gasteiger charge is 2.21. The van der Waals surface area contributed by atoms with Crippen LogP contribution in [0.4, 0.5) is 0 Å². The van der Waals surface area contributed by atoms with E-state index >= 15 is 0 Å². The van der Waals surface area contributed by atoms with Crippen molar-refractivity contribution in [3.05, 3.63) is 40.9 Å². The van der Waals surface area contributed by atoms with Crippen molar-refractivity contribution < 1.29 is 9.53 Å². The van der Waals surface area contributed by atoms with E-state index in [-0.39, 0.29) is 12.1 Å². The highest BCUT2D eigenvalue weighted by atomic mass is 35.5. The first kappa shape index (κ1) is 14.1. The molecule has 0 radical (unpaired) electrons. The molecule has 1 aliphatic rings. The predicted octanol–water partition coefficient (Wildman–Crippen LogP) is 4.48. The van der Waals surface area contributed by atoms with Gasteiger partial charge in [-0.1, -0.05) is 43.1 Å². The molecule has 102 valence electrons. The summed E-state index contributed by atoms with van der Waals surface area (Å²) in [4.78, 5) is 11.8. The molecule has 0 saturated heterocycles. The maximum absolute atomic E-state index is 11.8. The van der Waals surface area contributed by atoms with Gasteiger partial charge >= 0.3 is 5.97 Å². The Morgan fingerprint density at radius 3 is 2.89 bits per heavy atom. The fourth-order valence-electron chi connectivity index (χ4n) is 2.46. The van der Waals surface area contributed by atoms with Crippen molar-refractivity contribution in [1.82, 2.24) is 0 Å². The van der Waals surface area contributed by atoms with E-state index in [0.717, 1.165) is 24.8 Å². The van der Waals surface area contributed by atoms with Gasteiger partial charge in [-0.05, 0) is 42.9 Å². The molecule has 19 heavy (non-hydrogen) atoms. The Bertz CT molecular complexity index is 468. The minimum absolute atomic E-state index is 0.0761. The molecule has 2 unspecified atom stereocenters. The van der Waals surface area contributed by atoms with Crippen LogP contribution in [0.2, 0.25) is 5.02 Å². The molecule has 2 atom stereocenters.